The highest BCUT2D eigenvalue weighted by atomic mass is 19.4. The maximum Gasteiger partial charge on any atom is 0.408 e. The summed E-state index contributed by atoms with van der Waals surface area (Å²) in [6.45, 7) is -1.21. The molecule has 2 rings (SSSR count). The molecule has 0 atom stereocenters. The first-order valence-electron chi connectivity index (χ1n) is 5.86. The molecule has 2 aromatic heterocycles. The van der Waals surface area contributed by atoms with Crippen molar-refractivity contribution >= 4 is 11.7 Å². The van der Waals surface area contributed by atoms with Crippen molar-refractivity contribution in [1.82, 2.24) is 14.8 Å². The van der Waals surface area contributed by atoms with E-state index in [0.29, 0.717) is 4.68 Å². The van der Waals surface area contributed by atoms with Gasteiger partial charge in [0.15, 0.2) is 11.6 Å². The van der Waals surface area contributed by atoms with Crippen LogP contribution in [-0.4, -0.2) is 32.0 Å². The predicted molar refractivity (Wildman–Crippen MR) is 66.5 cm³/mol. The van der Waals surface area contributed by atoms with Gasteiger partial charge in [-0.2, -0.15) is 18.3 Å². The number of nitrogens with zero attached hydrogens (tertiary/aromatic N) is 3. The average molecular weight is 300 g/mol. The van der Waals surface area contributed by atoms with Gasteiger partial charge < -0.3 is 10.4 Å². The molecule has 0 bridgehead atoms. The van der Waals surface area contributed by atoms with Gasteiger partial charge in [-0.05, 0) is 18.2 Å². The number of aromatic nitrogens is 3. The number of hydrogen-bond donors (Lipinski definition) is 2. The lowest BCUT2D eigenvalue weighted by Gasteiger charge is -2.06. The number of carbonyl (C=O) groups excluding carboxylic acids is 1. The molecule has 6 nitrogen and oxygen atoms in total. The first-order valence-corrected chi connectivity index (χ1v) is 5.86. The standard InChI is InChI=1S/C12H11F3N4O2/c13-12(14,15)7-19-5-3-8(18-19)6-10(21)17-11-9(20)2-1-4-16-11/h1-5,20H,6-7H2,(H,16,17,21). The van der Waals surface area contributed by atoms with Crippen LogP contribution in [0.25, 0.3) is 0 Å². The van der Waals surface area contributed by atoms with Crippen LogP contribution in [0.1, 0.15) is 5.69 Å². The fraction of sp³-hybridized carbons (Fsp3) is 0.250. The van der Waals surface area contributed by atoms with Crippen molar-refractivity contribution in [3.63, 3.8) is 0 Å². The van der Waals surface area contributed by atoms with Crippen molar-refractivity contribution in [2.45, 2.75) is 19.1 Å². The Balaban J connectivity index is 1.96. The van der Waals surface area contributed by atoms with Crippen molar-refractivity contribution in [1.29, 1.82) is 0 Å². The van der Waals surface area contributed by atoms with E-state index in [4.69, 9.17) is 0 Å². The maximum absolute atomic E-state index is 12.2. The summed E-state index contributed by atoms with van der Waals surface area (Å²) in [7, 11) is 0. The SMILES string of the molecule is O=C(Cc1ccn(CC(F)(F)F)n1)Nc1ncccc1O. The molecule has 112 valence electrons. The molecule has 0 aromatic carbocycles. The first-order chi connectivity index (χ1) is 9.83. The van der Waals surface area contributed by atoms with E-state index in [1.165, 1.54) is 24.4 Å². The van der Waals surface area contributed by atoms with Gasteiger partial charge in [-0.15, -0.1) is 0 Å². The Hall–Kier alpha value is -2.58. The molecule has 0 unspecified atom stereocenters. The lowest BCUT2D eigenvalue weighted by Crippen LogP contribution is -2.19. The van der Waals surface area contributed by atoms with Gasteiger partial charge in [0, 0.05) is 12.4 Å². The molecule has 0 spiro atoms. The van der Waals surface area contributed by atoms with Gasteiger partial charge in [0.05, 0.1) is 12.1 Å². The summed E-state index contributed by atoms with van der Waals surface area (Å²) in [6, 6.07) is 4.16. The van der Waals surface area contributed by atoms with E-state index >= 15 is 0 Å². The van der Waals surface area contributed by atoms with E-state index in [1.54, 1.807) is 0 Å². The van der Waals surface area contributed by atoms with Gasteiger partial charge in [0.1, 0.15) is 6.54 Å². The second kappa shape index (κ2) is 5.81. The molecule has 2 aromatic rings. The van der Waals surface area contributed by atoms with E-state index in [1.807, 2.05) is 0 Å². The summed E-state index contributed by atoms with van der Waals surface area (Å²) in [5.41, 5.74) is 0.187. The quantitative estimate of drug-likeness (QED) is 0.901. The largest absolute Gasteiger partial charge is 0.504 e. The van der Waals surface area contributed by atoms with Crippen LogP contribution in [0.5, 0.6) is 5.75 Å². The molecular formula is C12H11F3N4O2. The van der Waals surface area contributed by atoms with Crippen molar-refractivity contribution in [3.05, 3.63) is 36.3 Å². The first kappa shape index (κ1) is 14.8. The lowest BCUT2D eigenvalue weighted by molar-refractivity contribution is -0.142. The van der Waals surface area contributed by atoms with Gasteiger partial charge in [-0.3, -0.25) is 9.48 Å². The summed E-state index contributed by atoms with van der Waals surface area (Å²) >= 11 is 0. The Labute approximate surface area is 117 Å². The number of hydrogen-bond acceptors (Lipinski definition) is 4. The minimum Gasteiger partial charge on any atom is -0.504 e. The Bertz CT molecular complexity index is 639. The summed E-state index contributed by atoms with van der Waals surface area (Å²) < 4.78 is 37.2. The van der Waals surface area contributed by atoms with Crippen molar-refractivity contribution in [2.24, 2.45) is 0 Å². The van der Waals surface area contributed by atoms with Crippen LogP contribution in [-0.2, 0) is 17.8 Å². The van der Waals surface area contributed by atoms with E-state index < -0.39 is 18.6 Å². The third-order valence-electron chi connectivity index (χ3n) is 2.42. The van der Waals surface area contributed by atoms with Crippen molar-refractivity contribution in [2.75, 3.05) is 5.32 Å². The number of halogens is 3. The normalized spacial score (nSPS) is 11.4. The number of alkyl halides is 3. The molecule has 2 heterocycles. The number of nitrogens with one attached hydrogen (secondary N) is 1. The molecule has 0 radical (unpaired) electrons. The Morgan fingerprint density at radius 2 is 2.14 bits per heavy atom. The molecule has 0 aliphatic rings. The summed E-state index contributed by atoms with van der Waals surface area (Å²) in [5, 5.41) is 15.4. The van der Waals surface area contributed by atoms with Crippen LogP contribution in [0, 0.1) is 0 Å². The second-order valence-electron chi connectivity index (χ2n) is 4.22. The molecule has 1 amide bonds. The molecule has 0 aliphatic heterocycles. The summed E-state index contributed by atoms with van der Waals surface area (Å²) in [4.78, 5) is 15.5. The zero-order valence-corrected chi connectivity index (χ0v) is 10.6. The van der Waals surface area contributed by atoms with Crippen LogP contribution >= 0.6 is 0 Å². The third-order valence-corrected chi connectivity index (χ3v) is 2.42. The number of carbonyl (C=O) groups is 1. The average Bonchev–Trinajstić information content (AvgIpc) is 2.77. The fourth-order valence-corrected chi connectivity index (χ4v) is 1.60. The number of rotatable bonds is 4. The van der Waals surface area contributed by atoms with Crippen LogP contribution < -0.4 is 5.32 Å². The summed E-state index contributed by atoms with van der Waals surface area (Å²) in [5.74, 6) is -0.757. The maximum atomic E-state index is 12.2. The lowest BCUT2D eigenvalue weighted by atomic mass is 10.3. The molecule has 21 heavy (non-hydrogen) atoms. The van der Waals surface area contributed by atoms with Crippen molar-refractivity contribution < 1.29 is 23.1 Å². The van der Waals surface area contributed by atoms with Gasteiger partial charge in [-0.1, -0.05) is 0 Å². The fourth-order valence-electron chi connectivity index (χ4n) is 1.60. The zero-order valence-electron chi connectivity index (χ0n) is 10.6. The third kappa shape index (κ3) is 4.48. The molecular weight excluding hydrogens is 289 g/mol. The predicted octanol–water partition coefficient (Wildman–Crippen LogP) is 1.73. The smallest absolute Gasteiger partial charge is 0.408 e. The minimum absolute atomic E-state index is 0.0165. The Kier molecular flexibility index (Phi) is 4.10. The number of anilines is 1. The monoisotopic (exact) mass is 300 g/mol. The van der Waals surface area contributed by atoms with E-state index in [2.05, 4.69) is 15.4 Å². The van der Waals surface area contributed by atoms with Crippen molar-refractivity contribution in [3.8, 4) is 5.75 Å². The van der Waals surface area contributed by atoms with Crippen LogP contribution in [0.3, 0.4) is 0 Å². The van der Waals surface area contributed by atoms with Crippen LogP contribution in [0.15, 0.2) is 30.6 Å². The molecule has 0 fully saturated rings. The topological polar surface area (TPSA) is 80.0 Å². The minimum atomic E-state index is -4.37. The van der Waals surface area contributed by atoms with Crippen LogP contribution in [0.4, 0.5) is 19.0 Å². The highest BCUT2D eigenvalue weighted by molar-refractivity contribution is 5.92. The molecule has 0 saturated carbocycles. The number of amides is 1. The highest BCUT2D eigenvalue weighted by Gasteiger charge is 2.28. The van der Waals surface area contributed by atoms with E-state index in [-0.39, 0.29) is 23.7 Å². The highest BCUT2D eigenvalue weighted by Crippen LogP contribution is 2.19. The Morgan fingerprint density at radius 3 is 2.81 bits per heavy atom. The number of pyridine rings is 1. The molecule has 0 saturated heterocycles. The zero-order chi connectivity index (χ0) is 15.5. The van der Waals surface area contributed by atoms with Crippen LogP contribution in [0.2, 0.25) is 0 Å². The van der Waals surface area contributed by atoms with Gasteiger partial charge in [-0.25, -0.2) is 4.98 Å². The molecule has 2 N–H and O–H groups in total. The summed E-state index contributed by atoms with van der Waals surface area (Å²) in [6.07, 6.45) is -2.06. The number of aromatic hydroxyl groups is 1. The van der Waals surface area contributed by atoms with Gasteiger partial charge in [0.25, 0.3) is 0 Å². The molecule has 0 aliphatic carbocycles. The molecule has 9 heteroatoms. The Morgan fingerprint density at radius 1 is 1.38 bits per heavy atom. The van der Waals surface area contributed by atoms with Gasteiger partial charge in [0.2, 0.25) is 5.91 Å². The van der Waals surface area contributed by atoms with E-state index in [0.717, 1.165) is 6.20 Å². The van der Waals surface area contributed by atoms with E-state index in [9.17, 15) is 23.1 Å². The second-order valence-corrected chi connectivity index (χ2v) is 4.22. The van der Waals surface area contributed by atoms with Gasteiger partial charge >= 0.3 is 6.18 Å².